The van der Waals surface area contributed by atoms with Gasteiger partial charge in [-0.15, -0.1) is 0 Å². The molecule has 0 unspecified atom stereocenters. The molecule has 0 heterocycles. The monoisotopic (exact) mass is 260 g/mol. The maximum absolute atomic E-state index is 10.3. The highest BCUT2D eigenvalue weighted by Gasteiger charge is 2.15. The average Bonchev–Trinajstić information content (AvgIpc) is 2.33. The van der Waals surface area contributed by atoms with Crippen LogP contribution in [0.1, 0.15) is 71.1 Å². The first-order valence-corrected chi connectivity index (χ1v) is 7.15. The number of aliphatic carboxylic acids is 1. The van der Waals surface area contributed by atoms with Crippen LogP contribution in [0.25, 0.3) is 0 Å². The lowest BCUT2D eigenvalue weighted by atomic mass is 10.0. The Hall–Kier alpha value is -0.610. The highest BCUT2D eigenvalue weighted by atomic mass is 16.4. The molecule has 0 saturated heterocycles. The summed E-state index contributed by atoms with van der Waals surface area (Å²) in [7, 11) is 0. The Kier molecular flexibility index (Phi) is 11.1. The predicted molar refractivity (Wildman–Crippen MR) is 71.5 cm³/mol. The summed E-state index contributed by atoms with van der Waals surface area (Å²) in [4.78, 5) is 10.3. The van der Waals surface area contributed by atoms with E-state index in [1.165, 1.54) is 12.8 Å². The second-order valence-electron chi connectivity index (χ2n) is 4.98. The SMILES string of the molecule is CCCCCC[C@@H](O)[C@@H](O)CCCCCC(=O)O. The van der Waals surface area contributed by atoms with Gasteiger partial charge in [0.25, 0.3) is 0 Å². The second-order valence-corrected chi connectivity index (χ2v) is 4.98. The number of aliphatic hydroxyl groups excluding tert-OH is 2. The van der Waals surface area contributed by atoms with Crippen molar-refractivity contribution in [1.82, 2.24) is 0 Å². The maximum Gasteiger partial charge on any atom is 0.303 e. The van der Waals surface area contributed by atoms with Crippen LogP contribution in [0.4, 0.5) is 0 Å². The van der Waals surface area contributed by atoms with Crippen LogP contribution in [0.3, 0.4) is 0 Å². The van der Waals surface area contributed by atoms with E-state index in [0.717, 1.165) is 25.7 Å². The molecule has 0 aliphatic carbocycles. The number of carboxylic acid groups (broad SMARTS) is 1. The van der Waals surface area contributed by atoms with Crippen molar-refractivity contribution in [3.8, 4) is 0 Å². The van der Waals surface area contributed by atoms with Crippen LogP contribution in [0.5, 0.6) is 0 Å². The molecule has 0 aromatic heterocycles. The van der Waals surface area contributed by atoms with Crippen LogP contribution in [0, 0.1) is 0 Å². The summed E-state index contributed by atoms with van der Waals surface area (Å²) in [6.45, 7) is 2.14. The molecular weight excluding hydrogens is 232 g/mol. The molecule has 4 heteroatoms. The van der Waals surface area contributed by atoms with Crippen LogP contribution in [0.2, 0.25) is 0 Å². The summed E-state index contributed by atoms with van der Waals surface area (Å²) in [5.74, 6) is -0.772. The second kappa shape index (κ2) is 11.5. The molecule has 0 fully saturated rings. The van der Waals surface area contributed by atoms with E-state index in [1.807, 2.05) is 0 Å². The van der Waals surface area contributed by atoms with E-state index in [1.54, 1.807) is 0 Å². The Balaban J connectivity index is 3.43. The first-order chi connectivity index (χ1) is 8.57. The number of rotatable bonds is 12. The lowest BCUT2D eigenvalue weighted by molar-refractivity contribution is -0.137. The molecule has 2 atom stereocenters. The summed E-state index contributed by atoms with van der Waals surface area (Å²) in [6.07, 6.45) is 6.78. The lowest BCUT2D eigenvalue weighted by Gasteiger charge is -2.17. The number of aliphatic hydroxyl groups is 2. The summed E-state index contributed by atoms with van der Waals surface area (Å²) in [6, 6.07) is 0. The zero-order chi connectivity index (χ0) is 13.8. The number of unbranched alkanes of at least 4 members (excludes halogenated alkanes) is 5. The maximum atomic E-state index is 10.3. The molecule has 0 aliphatic heterocycles. The molecule has 0 spiro atoms. The highest BCUT2D eigenvalue weighted by molar-refractivity contribution is 5.66. The molecule has 4 nitrogen and oxygen atoms in total. The van der Waals surface area contributed by atoms with Crippen LogP contribution >= 0.6 is 0 Å². The van der Waals surface area contributed by atoms with Gasteiger partial charge in [0.2, 0.25) is 0 Å². The fraction of sp³-hybridized carbons (Fsp3) is 0.929. The minimum atomic E-state index is -0.772. The number of hydrogen-bond acceptors (Lipinski definition) is 3. The van der Waals surface area contributed by atoms with Crippen molar-refractivity contribution in [3.63, 3.8) is 0 Å². The van der Waals surface area contributed by atoms with Crippen LogP contribution in [-0.2, 0) is 4.79 Å². The Morgan fingerprint density at radius 1 is 0.889 bits per heavy atom. The van der Waals surface area contributed by atoms with Gasteiger partial charge in [-0.3, -0.25) is 4.79 Å². The van der Waals surface area contributed by atoms with Gasteiger partial charge in [0.05, 0.1) is 12.2 Å². The zero-order valence-corrected chi connectivity index (χ0v) is 11.5. The van der Waals surface area contributed by atoms with Crippen molar-refractivity contribution in [2.24, 2.45) is 0 Å². The molecule has 0 aliphatic rings. The first-order valence-electron chi connectivity index (χ1n) is 7.15. The lowest BCUT2D eigenvalue weighted by Crippen LogP contribution is -2.25. The van der Waals surface area contributed by atoms with Gasteiger partial charge in [-0.2, -0.15) is 0 Å². The van der Waals surface area contributed by atoms with Gasteiger partial charge >= 0.3 is 5.97 Å². The van der Waals surface area contributed by atoms with Crippen molar-refractivity contribution in [1.29, 1.82) is 0 Å². The highest BCUT2D eigenvalue weighted by Crippen LogP contribution is 2.13. The van der Waals surface area contributed by atoms with E-state index in [-0.39, 0.29) is 6.42 Å². The van der Waals surface area contributed by atoms with Gasteiger partial charge in [0.1, 0.15) is 0 Å². The normalized spacial score (nSPS) is 14.4. The number of carboxylic acids is 1. The zero-order valence-electron chi connectivity index (χ0n) is 11.5. The third-order valence-electron chi connectivity index (χ3n) is 3.19. The summed E-state index contributed by atoms with van der Waals surface area (Å²) in [5, 5.41) is 27.9. The Morgan fingerprint density at radius 2 is 1.39 bits per heavy atom. The average molecular weight is 260 g/mol. The third-order valence-corrected chi connectivity index (χ3v) is 3.19. The van der Waals surface area contributed by atoms with Gasteiger partial charge in [0.15, 0.2) is 0 Å². The smallest absolute Gasteiger partial charge is 0.303 e. The predicted octanol–water partition coefficient (Wildman–Crippen LogP) is 2.71. The van der Waals surface area contributed by atoms with Gasteiger partial charge in [-0.25, -0.2) is 0 Å². The van der Waals surface area contributed by atoms with Crippen LogP contribution in [-0.4, -0.2) is 33.5 Å². The molecule has 0 radical (unpaired) electrons. The van der Waals surface area contributed by atoms with Crippen molar-refractivity contribution < 1.29 is 20.1 Å². The largest absolute Gasteiger partial charge is 0.481 e. The molecule has 18 heavy (non-hydrogen) atoms. The first kappa shape index (κ1) is 17.4. The molecular formula is C14H28O4. The van der Waals surface area contributed by atoms with Crippen molar-refractivity contribution >= 4 is 5.97 Å². The minimum absolute atomic E-state index is 0.190. The van der Waals surface area contributed by atoms with E-state index in [4.69, 9.17) is 5.11 Å². The van der Waals surface area contributed by atoms with E-state index in [9.17, 15) is 15.0 Å². The molecule has 3 N–H and O–H groups in total. The van der Waals surface area contributed by atoms with Crippen molar-refractivity contribution in [2.75, 3.05) is 0 Å². The topological polar surface area (TPSA) is 77.8 Å². The van der Waals surface area contributed by atoms with E-state index in [2.05, 4.69) is 6.92 Å². The van der Waals surface area contributed by atoms with Gasteiger partial charge in [-0.05, 0) is 19.3 Å². The fourth-order valence-corrected chi connectivity index (χ4v) is 1.97. The molecule has 108 valence electrons. The Labute approximate surface area is 110 Å². The Morgan fingerprint density at radius 3 is 1.83 bits per heavy atom. The quantitative estimate of drug-likeness (QED) is 0.471. The number of hydrogen-bond donors (Lipinski definition) is 3. The molecule has 0 saturated carbocycles. The molecule has 0 amide bonds. The van der Waals surface area contributed by atoms with Crippen molar-refractivity contribution in [2.45, 2.75) is 83.3 Å². The standard InChI is InChI=1S/C14H28O4/c1-2-3-4-6-9-12(15)13(16)10-7-5-8-11-14(17)18/h12-13,15-16H,2-11H2,1H3,(H,17,18)/t12-,13+/m1/s1. The van der Waals surface area contributed by atoms with E-state index < -0.39 is 18.2 Å². The molecule has 0 bridgehead atoms. The van der Waals surface area contributed by atoms with Crippen molar-refractivity contribution in [3.05, 3.63) is 0 Å². The van der Waals surface area contributed by atoms with Gasteiger partial charge in [-0.1, -0.05) is 45.4 Å². The van der Waals surface area contributed by atoms with E-state index in [0.29, 0.717) is 19.3 Å². The summed E-state index contributed by atoms with van der Waals surface area (Å²) < 4.78 is 0. The summed E-state index contributed by atoms with van der Waals surface area (Å²) in [5.41, 5.74) is 0. The fourth-order valence-electron chi connectivity index (χ4n) is 1.97. The van der Waals surface area contributed by atoms with Gasteiger partial charge < -0.3 is 15.3 Å². The summed E-state index contributed by atoms with van der Waals surface area (Å²) >= 11 is 0. The number of carbonyl (C=O) groups is 1. The molecule has 0 rings (SSSR count). The van der Waals surface area contributed by atoms with Crippen LogP contribution < -0.4 is 0 Å². The van der Waals surface area contributed by atoms with E-state index >= 15 is 0 Å². The molecule has 0 aromatic carbocycles. The molecule has 0 aromatic rings. The van der Waals surface area contributed by atoms with Gasteiger partial charge in [0, 0.05) is 6.42 Å². The third kappa shape index (κ3) is 10.5. The minimum Gasteiger partial charge on any atom is -0.481 e. The Bertz CT molecular complexity index is 206. The van der Waals surface area contributed by atoms with Crippen LogP contribution in [0.15, 0.2) is 0 Å².